The van der Waals surface area contributed by atoms with Crippen LogP contribution in [0.2, 0.25) is 10.0 Å². The molecule has 20 heavy (non-hydrogen) atoms. The van der Waals surface area contributed by atoms with E-state index >= 15 is 0 Å². The van der Waals surface area contributed by atoms with Crippen LogP contribution in [0.5, 0.6) is 0 Å². The van der Waals surface area contributed by atoms with Crippen molar-refractivity contribution >= 4 is 46.8 Å². The second-order valence-electron chi connectivity index (χ2n) is 4.41. The van der Waals surface area contributed by atoms with Crippen molar-refractivity contribution in [3.05, 3.63) is 33.8 Å². The van der Waals surface area contributed by atoms with E-state index in [1.54, 1.807) is 12.1 Å². The number of carbonyl (C=O) groups is 2. The summed E-state index contributed by atoms with van der Waals surface area (Å²) in [5, 5.41) is 6.65. The van der Waals surface area contributed by atoms with Crippen LogP contribution in [0.4, 0.5) is 0 Å². The maximum atomic E-state index is 11.9. The minimum Gasteiger partial charge on any atom is -0.354 e. The Morgan fingerprint density at radius 3 is 2.95 bits per heavy atom. The number of thioether (sulfide) groups is 1. The van der Waals surface area contributed by atoms with Gasteiger partial charge >= 0.3 is 0 Å². The molecule has 7 heteroatoms. The summed E-state index contributed by atoms with van der Waals surface area (Å²) in [5.41, 5.74) is 0.929. The Kier molecular flexibility index (Phi) is 5.57. The van der Waals surface area contributed by atoms with Crippen LogP contribution in [0, 0.1) is 0 Å². The fraction of sp³-hybridized carbons (Fsp3) is 0.385. The highest BCUT2D eigenvalue weighted by Crippen LogP contribution is 2.21. The molecule has 1 atom stereocenters. The van der Waals surface area contributed by atoms with Gasteiger partial charge in [-0.15, -0.1) is 11.8 Å². The third kappa shape index (κ3) is 4.30. The van der Waals surface area contributed by atoms with E-state index in [0.717, 1.165) is 5.56 Å². The molecule has 2 amide bonds. The SMILES string of the molecule is O=C1CSCC(C(=O)NCCc2ccc(Cl)cc2Cl)N1. The van der Waals surface area contributed by atoms with E-state index in [2.05, 4.69) is 10.6 Å². The molecule has 1 aromatic carbocycles. The number of halogens is 2. The summed E-state index contributed by atoms with van der Waals surface area (Å²) in [6.07, 6.45) is 0.621. The third-order valence-corrected chi connectivity index (χ3v) is 4.50. The lowest BCUT2D eigenvalue weighted by Crippen LogP contribution is -2.51. The lowest BCUT2D eigenvalue weighted by molar-refractivity contribution is -0.127. The Balaban J connectivity index is 1.80. The Morgan fingerprint density at radius 1 is 1.45 bits per heavy atom. The molecule has 108 valence electrons. The lowest BCUT2D eigenvalue weighted by atomic mass is 10.1. The van der Waals surface area contributed by atoms with Gasteiger partial charge in [-0.3, -0.25) is 9.59 Å². The van der Waals surface area contributed by atoms with Crippen LogP contribution in [0.3, 0.4) is 0 Å². The number of nitrogens with one attached hydrogen (secondary N) is 2. The van der Waals surface area contributed by atoms with Gasteiger partial charge in [0.15, 0.2) is 0 Å². The van der Waals surface area contributed by atoms with Gasteiger partial charge in [-0.2, -0.15) is 0 Å². The smallest absolute Gasteiger partial charge is 0.243 e. The highest BCUT2D eigenvalue weighted by atomic mass is 35.5. The van der Waals surface area contributed by atoms with Gasteiger partial charge in [0.25, 0.3) is 0 Å². The average Bonchev–Trinajstić information content (AvgIpc) is 2.41. The van der Waals surface area contributed by atoms with E-state index < -0.39 is 6.04 Å². The Morgan fingerprint density at radius 2 is 2.25 bits per heavy atom. The first kappa shape index (κ1) is 15.5. The minimum atomic E-state index is -0.443. The van der Waals surface area contributed by atoms with Gasteiger partial charge in [-0.1, -0.05) is 29.3 Å². The van der Waals surface area contributed by atoms with E-state index in [1.165, 1.54) is 11.8 Å². The highest BCUT2D eigenvalue weighted by Gasteiger charge is 2.24. The molecule has 1 fully saturated rings. The average molecular weight is 333 g/mol. The maximum Gasteiger partial charge on any atom is 0.243 e. The van der Waals surface area contributed by atoms with E-state index in [-0.39, 0.29) is 11.8 Å². The van der Waals surface area contributed by atoms with Crippen LogP contribution in [-0.2, 0) is 16.0 Å². The van der Waals surface area contributed by atoms with Crippen molar-refractivity contribution in [2.45, 2.75) is 12.5 Å². The van der Waals surface area contributed by atoms with Crippen LogP contribution >= 0.6 is 35.0 Å². The van der Waals surface area contributed by atoms with Crippen LogP contribution in [0.25, 0.3) is 0 Å². The summed E-state index contributed by atoms with van der Waals surface area (Å²) in [5.74, 6) is 0.779. The van der Waals surface area contributed by atoms with Crippen LogP contribution in [-0.4, -0.2) is 35.9 Å². The van der Waals surface area contributed by atoms with Crippen molar-refractivity contribution in [1.82, 2.24) is 10.6 Å². The summed E-state index contributed by atoms with van der Waals surface area (Å²) in [6, 6.07) is 4.84. The van der Waals surface area contributed by atoms with Crippen molar-refractivity contribution in [1.29, 1.82) is 0 Å². The van der Waals surface area contributed by atoms with Crippen molar-refractivity contribution in [2.75, 3.05) is 18.1 Å². The van der Waals surface area contributed by atoms with Crippen molar-refractivity contribution in [2.24, 2.45) is 0 Å². The van der Waals surface area contributed by atoms with Gasteiger partial charge in [-0.25, -0.2) is 0 Å². The number of benzene rings is 1. The molecule has 4 nitrogen and oxygen atoms in total. The first-order chi connectivity index (χ1) is 9.56. The van der Waals surface area contributed by atoms with Gasteiger partial charge in [0, 0.05) is 22.3 Å². The van der Waals surface area contributed by atoms with Crippen molar-refractivity contribution in [3.63, 3.8) is 0 Å². The normalized spacial score (nSPS) is 18.5. The quantitative estimate of drug-likeness (QED) is 0.885. The molecule has 0 radical (unpaired) electrons. The van der Waals surface area contributed by atoms with Gasteiger partial charge in [0.2, 0.25) is 11.8 Å². The monoisotopic (exact) mass is 332 g/mol. The Hall–Kier alpha value is -0.910. The molecule has 2 rings (SSSR count). The standard InChI is InChI=1S/C13H14Cl2N2O2S/c14-9-2-1-8(10(15)5-9)3-4-16-13(19)11-6-20-7-12(18)17-11/h1-2,5,11H,3-4,6-7H2,(H,16,19)(H,17,18). The highest BCUT2D eigenvalue weighted by molar-refractivity contribution is 8.00. The molecule has 1 saturated heterocycles. The number of carbonyl (C=O) groups excluding carboxylic acids is 2. The zero-order valence-electron chi connectivity index (χ0n) is 10.6. The maximum absolute atomic E-state index is 11.9. The molecule has 0 saturated carbocycles. The van der Waals surface area contributed by atoms with E-state index in [4.69, 9.17) is 23.2 Å². The molecule has 0 aliphatic carbocycles. The third-order valence-electron chi connectivity index (χ3n) is 2.88. The summed E-state index contributed by atoms with van der Waals surface area (Å²) < 4.78 is 0. The second-order valence-corrected chi connectivity index (χ2v) is 6.29. The van der Waals surface area contributed by atoms with Crippen LogP contribution in [0.1, 0.15) is 5.56 Å². The van der Waals surface area contributed by atoms with Gasteiger partial charge < -0.3 is 10.6 Å². The predicted molar refractivity (Wildman–Crippen MR) is 82.4 cm³/mol. The van der Waals surface area contributed by atoms with E-state index in [0.29, 0.717) is 34.5 Å². The van der Waals surface area contributed by atoms with E-state index in [9.17, 15) is 9.59 Å². The Labute approximate surface area is 131 Å². The molecule has 1 unspecified atom stereocenters. The molecule has 1 aliphatic heterocycles. The number of rotatable bonds is 4. The number of hydrogen-bond acceptors (Lipinski definition) is 3. The van der Waals surface area contributed by atoms with Crippen molar-refractivity contribution < 1.29 is 9.59 Å². The largest absolute Gasteiger partial charge is 0.354 e. The summed E-state index contributed by atoms with van der Waals surface area (Å²) in [6.45, 7) is 0.469. The van der Waals surface area contributed by atoms with Gasteiger partial charge in [0.1, 0.15) is 6.04 Å². The first-order valence-electron chi connectivity index (χ1n) is 6.15. The van der Waals surface area contributed by atoms with Crippen LogP contribution in [0.15, 0.2) is 18.2 Å². The molecule has 0 spiro atoms. The molecular weight excluding hydrogens is 319 g/mol. The summed E-state index contributed by atoms with van der Waals surface area (Å²) in [7, 11) is 0. The molecule has 0 aromatic heterocycles. The summed E-state index contributed by atoms with van der Waals surface area (Å²) in [4.78, 5) is 23.1. The number of hydrogen-bond donors (Lipinski definition) is 2. The fourth-order valence-corrected chi connectivity index (χ4v) is 3.22. The molecule has 0 bridgehead atoms. The van der Waals surface area contributed by atoms with Gasteiger partial charge in [0.05, 0.1) is 5.75 Å². The molecule has 1 aromatic rings. The number of amides is 2. The van der Waals surface area contributed by atoms with Gasteiger partial charge in [-0.05, 0) is 24.1 Å². The lowest BCUT2D eigenvalue weighted by Gasteiger charge is -2.22. The predicted octanol–water partition coefficient (Wildman–Crippen LogP) is 1.88. The van der Waals surface area contributed by atoms with Crippen molar-refractivity contribution in [3.8, 4) is 0 Å². The Bertz CT molecular complexity index is 525. The van der Waals surface area contributed by atoms with E-state index in [1.807, 2.05) is 6.07 Å². The zero-order chi connectivity index (χ0) is 14.5. The zero-order valence-corrected chi connectivity index (χ0v) is 12.9. The van der Waals surface area contributed by atoms with Crippen LogP contribution < -0.4 is 10.6 Å². The second kappa shape index (κ2) is 7.20. The summed E-state index contributed by atoms with van der Waals surface area (Å²) >= 11 is 13.3. The molecule has 1 aliphatic rings. The minimum absolute atomic E-state index is 0.0952. The molecular formula is C13H14Cl2N2O2S. The first-order valence-corrected chi connectivity index (χ1v) is 8.06. The fourth-order valence-electron chi connectivity index (χ4n) is 1.86. The topological polar surface area (TPSA) is 58.2 Å². The molecule has 1 heterocycles. The molecule has 2 N–H and O–H groups in total.